The van der Waals surface area contributed by atoms with E-state index in [2.05, 4.69) is 29.5 Å². The second-order valence-corrected chi connectivity index (χ2v) is 5.11. The number of hydrogen-bond acceptors (Lipinski definition) is 3. The van der Waals surface area contributed by atoms with Gasteiger partial charge < -0.3 is 0 Å². The molecule has 94 valence electrons. The standard InChI is InChI=1S/C14H23N3/c1-2-11-6-7-13(16-10-11)9-14(17-15)8-12-4-3-5-12/h6-7,10,12,14,17H,2-5,8-9,15H2,1H3. The normalized spacial score (nSPS) is 17.8. The van der Waals surface area contributed by atoms with Gasteiger partial charge in [0.2, 0.25) is 0 Å². The van der Waals surface area contributed by atoms with Crippen LogP contribution in [0.2, 0.25) is 0 Å². The van der Waals surface area contributed by atoms with Crippen LogP contribution in [0.3, 0.4) is 0 Å². The van der Waals surface area contributed by atoms with Crippen LogP contribution < -0.4 is 11.3 Å². The van der Waals surface area contributed by atoms with Crippen LogP contribution >= 0.6 is 0 Å². The zero-order valence-corrected chi connectivity index (χ0v) is 10.7. The molecule has 17 heavy (non-hydrogen) atoms. The van der Waals surface area contributed by atoms with Crippen molar-refractivity contribution in [1.82, 2.24) is 10.4 Å². The molecule has 1 aromatic heterocycles. The van der Waals surface area contributed by atoms with Crippen molar-refractivity contribution in [1.29, 1.82) is 0 Å². The van der Waals surface area contributed by atoms with Crippen LogP contribution in [-0.2, 0) is 12.8 Å². The quantitative estimate of drug-likeness (QED) is 0.585. The van der Waals surface area contributed by atoms with Crippen molar-refractivity contribution in [3.63, 3.8) is 0 Å². The van der Waals surface area contributed by atoms with E-state index in [1.807, 2.05) is 6.20 Å². The van der Waals surface area contributed by atoms with Crippen LogP contribution in [0.5, 0.6) is 0 Å². The monoisotopic (exact) mass is 233 g/mol. The van der Waals surface area contributed by atoms with Gasteiger partial charge in [-0.1, -0.05) is 32.3 Å². The first-order valence-electron chi connectivity index (χ1n) is 6.71. The maximum absolute atomic E-state index is 5.63. The zero-order valence-electron chi connectivity index (χ0n) is 10.7. The van der Waals surface area contributed by atoms with Crippen LogP contribution in [-0.4, -0.2) is 11.0 Å². The third-order valence-electron chi connectivity index (χ3n) is 3.83. The fourth-order valence-electron chi connectivity index (χ4n) is 2.38. The number of pyridine rings is 1. The highest BCUT2D eigenvalue weighted by Gasteiger charge is 2.21. The smallest absolute Gasteiger partial charge is 0.0419 e. The number of hydrazine groups is 1. The summed E-state index contributed by atoms with van der Waals surface area (Å²) in [6.45, 7) is 2.15. The molecule has 2 rings (SSSR count). The summed E-state index contributed by atoms with van der Waals surface area (Å²) in [6.07, 6.45) is 9.30. The fraction of sp³-hybridized carbons (Fsp3) is 0.643. The van der Waals surface area contributed by atoms with E-state index in [0.717, 1.165) is 24.5 Å². The van der Waals surface area contributed by atoms with E-state index in [-0.39, 0.29) is 0 Å². The first-order chi connectivity index (χ1) is 8.31. The van der Waals surface area contributed by atoms with Crippen LogP contribution in [0.1, 0.15) is 43.9 Å². The van der Waals surface area contributed by atoms with Gasteiger partial charge in [0.15, 0.2) is 0 Å². The van der Waals surface area contributed by atoms with Gasteiger partial charge in [-0.15, -0.1) is 0 Å². The van der Waals surface area contributed by atoms with E-state index in [4.69, 9.17) is 5.84 Å². The molecule has 1 saturated carbocycles. The molecule has 1 aliphatic rings. The number of nitrogens with one attached hydrogen (secondary N) is 1. The van der Waals surface area contributed by atoms with Crippen molar-refractivity contribution in [2.24, 2.45) is 11.8 Å². The molecule has 1 atom stereocenters. The van der Waals surface area contributed by atoms with Crippen molar-refractivity contribution in [2.75, 3.05) is 0 Å². The second kappa shape index (κ2) is 6.12. The molecular formula is C14H23N3. The van der Waals surface area contributed by atoms with Gasteiger partial charge in [0.1, 0.15) is 0 Å². The Morgan fingerprint density at radius 3 is 2.76 bits per heavy atom. The average molecular weight is 233 g/mol. The number of aromatic nitrogens is 1. The van der Waals surface area contributed by atoms with Gasteiger partial charge in [-0.3, -0.25) is 16.3 Å². The third kappa shape index (κ3) is 3.51. The fourth-order valence-corrected chi connectivity index (χ4v) is 2.38. The van der Waals surface area contributed by atoms with Crippen molar-refractivity contribution in [3.8, 4) is 0 Å². The largest absolute Gasteiger partial charge is 0.271 e. The van der Waals surface area contributed by atoms with E-state index in [9.17, 15) is 0 Å². The van der Waals surface area contributed by atoms with Gasteiger partial charge in [0.25, 0.3) is 0 Å². The lowest BCUT2D eigenvalue weighted by Gasteiger charge is -2.29. The van der Waals surface area contributed by atoms with E-state index in [1.165, 1.54) is 31.2 Å². The SMILES string of the molecule is CCc1ccc(CC(CC2CCC2)NN)nc1. The molecule has 1 unspecified atom stereocenters. The molecule has 1 aliphatic carbocycles. The lowest BCUT2D eigenvalue weighted by molar-refractivity contribution is 0.259. The number of nitrogens with zero attached hydrogens (tertiary/aromatic N) is 1. The molecule has 0 spiro atoms. The first kappa shape index (κ1) is 12.5. The maximum atomic E-state index is 5.63. The highest BCUT2D eigenvalue weighted by molar-refractivity contribution is 5.14. The molecule has 3 heteroatoms. The number of rotatable bonds is 6. The van der Waals surface area contributed by atoms with Gasteiger partial charge in [0, 0.05) is 24.4 Å². The van der Waals surface area contributed by atoms with E-state index >= 15 is 0 Å². The summed E-state index contributed by atoms with van der Waals surface area (Å²) in [4.78, 5) is 4.49. The van der Waals surface area contributed by atoms with E-state index in [0.29, 0.717) is 6.04 Å². The molecule has 0 saturated heterocycles. The minimum absolute atomic E-state index is 0.375. The number of hydrogen-bond donors (Lipinski definition) is 2. The van der Waals surface area contributed by atoms with Crippen molar-refractivity contribution >= 4 is 0 Å². The maximum Gasteiger partial charge on any atom is 0.0419 e. The number of nitrogens with two attached hydrogens (primary N) is 1. The Balaban J connectivity index is 1.87. The topological polar surface area (TPSA) is 50.9 Å². The molecule has 1 aromatic rings. The minimum atomic E-state index is 0.375. The second-order valence-electron chi connectivity index (χ2n) is 5.11. The molecule has 0 aromatic carbocycles. The summed E-state index contributed by atoms with van der Waals surface area (Å²) >= 11 is 0. The number of aryl methyl sites for hydroxylation is 1. The Kier molecular flexibility index (Phi) is 4.51. The Hall–Kier alpha value is -0.930. The van der Waals surface area contributed by atoms with Crippen molar-refractivity contribution in [2.45, 2.75) is 51.5 Å². The van der Waals surface area contributed by atoms with Gasteiger partial charge in [-0.2, -0.15) is 0 Å². The molecule has 0 radical (unpaired) electrons. The average Bonchev–Trinajstić information content (AvgIpc) is 2.33. The lowest BCUT2D eigenvalue weighted by atomic mass is 9.80. The Bertz CT molecular complexity index is 330. The summed E-state index contributed by atoms with van der Waals surface area (Å²) in [5.41, 5.74) is 5.38. The van der Waals surface area contributed by atoms with Crippen molar-refractivity contribution < 1.29 is 0 Å². The predicted molar refractivity (Wildman–Crippen MR) is 70.4 cm³/mol. The zero-order chi connectivity index (χ0) is 12.1. The van der Waals surface area contributed by atoms with Gasteiger partial charge in [0.05, 0.1) is 0 Å². The summed E-state index contributed by atoms with van der Waals surface area (Å²) in [7, 11) is 0. The molecule has 0 bridgehead atoms. The van der Waals surface area contributed by atoms with Gasteiger partial charge in [-0.05, 0) is 30.4 Å². The summed E-state index contributed by atoms with van der Waals surface area (Å²) in [5, 5.41) is 0. The van der Waals surface area contributed by atoms with E-state index in [1.54, 1.807) is 0 Å². The summed E-state index contributed by atoms with van der Waals surface area (Å²) in [5.74, 6) is 6.51. The molecule has 3 nitrogen and oxygen atoms in total. The Morgan fingerprint density at radius 1 is 1.47 bits per heavy atom. The van der Waals surface area contributed by atoms with Gasteiger partial charge in [-0.25, -0.2) is 0 Å². The van der Waals surface area contributed by atoms with Crippen LogP contribution in [0.25, 0.3) is 0 Å². The lowest BCUT2D eigenvalue weighted by Crippen LogP contribution is -2.39. The van der Waals surface area contributed by atoms with Crippen LogP contribution in [0.4, 0.5) is 0 Å². The molecular weight excluding hydrogens is 210 g/mol. The van der Waals surface area contributed by atoms with E-state index < -0.39 is 0 Å². The third-order valence-corrected chi connectivity index (χ3v) is 3.83. The van der Waals surface area contributed by atoms with Gasteiger partial charge >= 0.3 is 0 Å². The first-order valence-corrected chi connectivity index (χ1v) is 6.71. The van der Waals surface area contributed by atoms with Crippen LogP contribution in [0.15, 0.2) is 18.3 Å². The molecule has 1 heterocycles. The highest BCUT2D eigenvalue weighted by Crippen LogP contribution is 2.30. The molecule has 1 fully saturated rings. The summed E-state index contributed by atoms with van der Waals surface area (Å²) in [6, 6.07) is 4.67. The molecule has 3 N–H and O–H groups in total. The minimum Gasteiger partial charge on any atom is -0.271 e. The molecule has 0 aliphatic heterocycles. The Labute approximate surface area is 104 Å². The van der Waals surface area contributed by atoms with Crippen molar-refractivity contribution in [3.05, 3.63) is 29.6 Å². The Morgan fingerprint density at radius 2 is 2.29 bits per heavy atom. The highest BCUT2D eigenvalue weighted by atomic mass is 15.2. The van der Waals surface area contributed by atoms with Crippen LogP contribution in [0, 0.1) is 5.92 Å². The summed E-state index contributed by atoms with van der Waals surface area (Å²) < 4.78 is 0. The molecule has 0 amide bonds. The predicted octanol–water partition coefficient (Wildman–Crippen LogP) is 2.21.